The van der Waals surface area contributed by atoms with E-state index in [1.165, 1.54) is 55.3 Å². The smallest absolute Gasteiger partial charge is 0.161 e. The Morgan fingerprint density at radius 2 is 0.932 bits per heavy atom. The van der Waals surface area contributed by atoms with Crippen molar-refractivity contribution in [1.29, 1.82) is 0 Å². The van der Waals surface area contributed by atoms with E-state index in [-0.39, 0.29) is 5.41 Å². The highest BCUT2D eigenvalue weighted by Gasteiger charge is 2.38. The molecule has 1 aliphatic carbocycles. The molecule has 0 saturated carbocycles. The Labute approximate surface area is 344 Å². The molecule has 278 valence electrons. The molecule has 0 atom stereocenters. The number of rotatable bonds is 6. The van der Waals surface area contributed by atoms with E-state index in [0.29, 0.717) is 5.82 Å². The monoisotopic (exact) mass is 753 g/mol. The van der Waals surface area contributed by atoms with Gasteiger partial charge in [0.25, 0.3) is 0 Å². The van der Waals surface area contributed by atoms with Gasteiger partial charge in [0, 0.05) is 40.1 Å². The van der Waals surface area contributed by atoms with Gasteiger partial charge in [0.15, 0.2) is 5.82 Å². The lowest BCUT2D eigenvalue weighted by atomic mass is 9.77. The highest BCUT2D eigenvalue weighted by Crippen LogP contribution is 2.54. The van der Waals surface area contributed by atoms with E-state index in [0.717, 1.165) is 50.0 Å². The maximum absolute atomic E-state index is 5.28. The number of hydrogen-bond donors (Lipinski definition) is 0. The summed E-state index contributed by atoms with van der Waals surface area (Å²) < 4.78 is 0. The van der Waals surface area contributed by atoms with Gasteiger partial charge in [0.1, 0.15) is 0 Å². The van der Waals surface area contributed by atoms with Gasteiger partial charge in [-0.25, -0.2) is 9.97 Å². The van der Waals surface area contributed by atoms with Gasteiger partial charge in [-0.05, 0) is 95.9 Å². The van der Waals surface area contributed by atoms with Crippen LogP contribution in [0.4, 0.5) is 0 Å². The topological polar surface area (TPSA) is 38.7 Å². The zero-order valence-electron chi connectivity index (χ0n) is 32.9. The molecule has 8 aromatic carbocycles. The van der Waals surface area contributed by atoms with Crippen LogP contribution in [0.2, 0.25) is 0 Å². The van der Waals surface area contributed by atoms with Crippen LogP contribution in [0, 0.1) is 0 Å². The molecule has 0 radical (unpaired) electrons. The molecule has 0 spiro atoms. The lowest BCUT2D eigenvalue weighted by Crippen LogP contribution is -2.16. The Morgan fingerprint density at radius 1 is 0.356 bits per heavy atom. The molecule has 0 unspecified atom stereocenters. The first kappa shape index (κ1) is 34.7. The maximum atomic E-state index is 5.28. The molecular weight excluding hydrogens is 715 g/mol. The summed E-state index contributed by atoms with van der Waals surface area (Å²) in [5.74, 6) is 0.695. The van der Waals surface area contributed by atoms with Crippen molar-refractivity contribution >= 4 is 21.5 Å². The summed E-state index contributed by atoms with van der Waals surface area (Å²) >= 11 is 0. The molecule has 3 nitrogen and oxygen atoms in total. The van der Waals surface area contributed by atoms with E-state index in [2.05, 4.69) is 195 Å². The van der Waals surface area contributed by atoms with Gasteiger partial charge >= 0.3 is 0 Å². The Morgan fingerprint density at radius 3 is 1.71 bits per heavy atom. The molecule has 1 aliphatic rings. The molecule has 11 rings (SSSR count). The first-order valence-electron chi connectivity index (χ1n) is 20.3. The van der Waals surface area contributed by atoms with Crippen molar-refractivity contribution in [3.8, 4) is 78.4 Å². The third-order valence-electron chi connectivity index (χ3n) is 12.2. The number of fused-ring (bicyclic) bond motifs is 6. The van der Waals surface area contributed by atoms with Crippen LogP contribution in [0.15, 0.2) is 200 Å². The Balaban J connectivity index is 0.997. The predicted molar refractivity (Wildman–Crippen MR) is 245 cm³/mol. The summed E-state index contributed by atoms with van der Waals surface area (Å²) in [7, 11) is 0. The molecule has 0 N–H and O–H groups in total. The minimum absolute atomic E-state index is 0.144. The summed E-state index contributed by atoms with van der Waals surface area (Å²) in [6.45, 7) is 4.77. The Bertz CT molecular complexity index is 3220. The van der Waals surface area contributed by atoms with Gasteiger partial charge in [-0.2, -0.15) is 0 Å². The predicted octanol–water partition coefficient (Wildman–Crippen LogP) is 14.5. The van der Waals surface area contributed by atoms with Crippen molar-refractivity contribution in [2.45, 2.75) is 19.3 Å². The molecular formula is C56H39N3. The van der Waals surface area contributed by atoms with Gasteiger partial charge in [0.2, 0.25) is 0 Å². The fourth-order valence-electron chi connectivity index (χ4n) is 9.42. The van der Waals surface area contributed by atoms with Crippen molar-refractivity contribution in [3.63, 3.8) is 0 Å². The van der Waals surface area contributed by atoms with Crippen LogP contribution in [0.1, 0.15) is 25.0 Å². The Hall–Kier alpha value is -7.49. The van der Waals surface area contributed by atoms with Crippen LogP contribution < -0.4 is 0 Å². The zero-order chi connectivity index (χ0) is 39.5. The SMILES string of the molecule is CC1(C)c2c(-c3ccc(-c4ccc(-c5nc(-c6ccccc6)cc(-c6cccc(-c7cccnc7)c6)n5)c5ccccc45)cc3)cccc2-c2ccc3ccccc3c21. The van der Waals surface area contributed by atoms with Crippen LogP contribution in [-0.4, -0.2) is 15.0 Å². The van der Waals surface area contributed by atoms with Crippen LogP contribution >= 0.6 is 0 Å². The van der Waals surface area contributed by atoms with Crippen molar-refractivity contribution in [2.75, 3.05) is 0 Å². The first-order valence-corrected chi connectivity index (χ1v) is 20.3. The van der Waals surface area contributed by atoms with Crippen LogP contribution in [0.25, 0.3) is 100.0 Å². The second-order valence-corrected chi connectivity index (χ2v) is 16.0. The van der Waals surface area contributed by atoms with E-state index >= 15 is 0 Å². The summed E-state index contributed by atoms with van der Waals surface area (Å²) in [4.78, 5) is 14.9. The highest BCUT2D eigenvalue weighted by atomic mass is 14.9. The number of hydrogen-bond acceptors (Lipinski definition) is 3. The third-order valence-corrected chi connectivity index (χ3v) is 12.2. The van der Waals surface area contributed by atoms with Gasteiger partial charge in [0.05, 0.1) is 11.4 Å². The second-order valence-electron chi connectivity index (χ2n) is 16.0. The van der Waals surface area contributed by atoms with Crippen LogP contribution in [0.3, 0.4) is 0 Å². The van der Waals surface area contributed by atoms with Crippen molar-refractivity contribution in [2.24, 2.45) is 0 Å². The molecule has 0 bridgehead atoms. The molecule has 0 saturated heterocycles. The molecule has 59 heavy (non-hydrogen) atoms. The van der Waals surface area contributed by atoms with Gasteiger partial charge in [-0.3, -0.25) is 4.98 Å². The number of nitrogens with zero attached hydrogens (tertiary/aromatic N) is 3. The van der Waals surface area contributed by atoms with Crippen molar-refractivity contribution < 1.29 is 0 Å². The number of benzene rings is 8. The zero-order valence-corrected chi connectivity index (χ0v) is 32.9. The quantitative estimate of drug-likeness (QED) is 0.170. The fourth-order valence-corrected chi connectivity index (χ4v) is 9.42. The fraction of sp³-hybridized carbons (Fsp3) is 0.0536. The van der Waals surface area contributed by atoms with E-state index in [9.17, 15) is 0 Å². The van der Waals surface area contributed by atoms with E-state index in [1.807, 2.05) is 18.3 Å². The minimum Gasteiger partial charge on any atom is -0.264 e. The lowest BCUT2D eigenvalue weighted by Gasteiger charge is -2.26. The summed E-state index contributed by atoms with van der Waals surface area (Å²) in [5, 5.41) is 4.91. The minimum atomic E-state index is -0.144. The third kappa shape index (κ3) is 5.85. The first-order chi connectivity index (χ1) is 29.0. The van der Waals surface area contributed by atoms with Gasteiger partial charge < -0.3 is 0 Å². The molecule has 3 heteroatoms. The molecule has 10 aromatic rings. The van der Waals surface area contributed by atoms with Crippen LogP contribution in [-0.2, 0) is 5.41 Å². The molecule has 0 aliphatic heterocycles. The van der Waals surface area contributed by atoms with Crippen LogP contribution in [0.5, 0.6) is 0 Å². The van der Waals surface area contributed by atoms with E-state index < -0.39 is 0 Å². The summed E-state index contributed by atoms with van der Waals surface area (Å²) in [6.07, 6.45) is 3.70. The van der Waals surface area contributed by atoms with Crippen molar-refractivity contribution in [3.05, 3.63) is 212 Å². The molecule has 0 amide bonds. The average Bonchev–Trinajstić information content (AvgIpc) is 3.55. The van der Waals surface area contributed by atoms with E-state index in [4.69, 9.17) is 9.97 Å². The lowest BCUT2D eigenvalue weighted by molar-refractivity contribution is 0.668. The number of pyridine rings is 1. The normalized spacial score (nSPS) is 12.7. The highest BCUT2D eigenvalue weighted by molar-refractivity contribution is 6.05. The molecule has 2 aromatic heterocycles. The second kappa shape index (κ2) is 13.9. The maximum Gasteiger partial charge on any atom is 0.161 e. The largest absolute Gasteiger partial charge is 0.264 e. The summed E-state index contributed by atoms with van der Waals surface area (Å²) in [6, 6.07) is 67.4. The molecule has 2 heterocycles. The number of aromatic nitrogens is 3. The Kier molecular flexibility index (Phi) is 8.16. The van der Waals surface area contributed by atoms with Gasteiger partial charge in [-0.1, -0.05) is 178 Å². The average molecular weight is 754 g/mol. The molecule has 0 fully saturated rings. The standard InChI is InChI=1S/C56H39N3/c1-56(2)53-45(22-11-23-48(53)49-29-28-36-13-6-7-19-44(36)54(49)56)38-26-24-37(25-27-38)43-30-31-50(47-21-9-8-20-46(43)47)55-58-51(39-14-4-3-5-15-39)34-52(59-55)41-17-10-16-40(33-41)42-18-12-32-57-35-42/h3-35H,1-2H3. The van der Waals surface area contributed by atoms with Gasteiger partial charge in [-0.15, -0.1) is 0 Å². The summed E-state index contributed by atoms with van der Waals surface area (Å²) in [5.41, 5.74) is 17.2. The van der Waals surface area contributed by atoms with E-state index in [1.54, 1.807) is 6.20 Å². The van der Waals surface area contributed by atoms with Crippen molar-refractivity contribution in [1.82, 2.24) is 15.0 Å².